The largest absolute Gasteiger partial charge is 0.366 e. The number of aromatic nitrogens is 2. The Morgan fingerprint density at radius 1 is 1.00 bits per heavy atom. The molecule has 126 valence electrons. The third-order valence-corrected chi connectivity index (χ3v) is 5.07. The van der Waals surface area contributed by atoms with Crippen LogP contribution in [-0.2, 0) is 6.54 Å². The summed E-state index contributed by atoms with van der Waals surface area (Å²) < 4.78 is 0. The van der Waals surface area contributed by atoms with Gasteiger partial charge in [-0.25, -0.2) is 4.98 Å². The van der Waals surface area contributed by atoms with E-state index in [2.05, 4.69) is 21.7 Å². The van der Waals surface area contributed by atoms with Gasteiger partial charge in [0, 0.05) is 29.6 Å². The van der Waals surface area contributed by atoms with Crippen molar-refractivity contribution in [2.45, 2.75) is 57.0 Å². The average molecular weight is 343 g/mol. The molecule has 1 heterocycles. The van der Waals surface area contributed by atoms with Crippen LogP contribution in [0.15, 0.2) is 30.3 Å². The SMILES string of the molecule is Clc1ccc(CNc2cc(C3CC3)nc(NC3CCCC3)n2)cc1. The highest BCUT2D eigenvalue weighted by Crippen LogP contribution is 2.40. The van der Waals surface area contributed by atoms with Crippen molar-refractivity contribution in [2.75, 3.05) is 10.6 Å². The zero-order chi connectivity index (χ0) is 16.4. The molecule has 0 saturated heterocycles. The molecule has 4 rings (SSSR count). The minimum atomic E-state index is 0.531. The van der Waals surface area contributed by atoms with Crippen molar-refractivity contribution in [1.29, 1.82) is 0 Å². The van der Waals surface area contributed by atoms with Crippen LogP contribution < -0.4 is 10.6 Å². The highest BCUT2D eigenvalue weighted by atomic mass is 35.5. The Hall–Kier alpha value is -1.81. The van der Waals surface area contributed by atoms with Gasteiger partial charge in [0.05, 0.1) is 5.69 Å². The maximum atomic E-state index is 5.94. The lowest BCUT2D eigenvalue weighted by atomic mass is 10.2. The summed E-state index contributed by atoms with van der Waals surface area (Å²) in [6.07, 6.45) is 7.56. The van der Waals surface area contributed by atoms with Gasteiger partial charge in [-0.1, -0.05) is 36.6 Å². The predicted octanol–water partition coefficient (Wildman–Crippen LogP) is 4.97. The van der Waals surface area contributed by atoms with E-state index < -0.39 is 0 Å². The molecule has 2 saturated carbocycles. The first-order valence-corrected chi connectivity index (χ1v) is 9.28. The number of hydrogen-bond acceptors (Lipinski definition) is 4. The van der Waals surface area contributed by atoms with Crippen LogP contribution in [0.2, 0.25) is 5.02 Å². The molecule has 0 aliphatic heterocycles. The molecule has 0 amide bonds. The molecule has 24 heavy (non-hydrogen) atoms. The summed E-state index contributed by atoms with van der Waals surface area (Å²) in [4.78, 5) is 9.43. The zero-order valence-electron chi connectivity index (χ0n) is 13.8. The van der Waals surface area contributed by atoms with E-state index in [9.17, 15) is 0 Å². The number of rotatable bonds is 6. The minimum absolute atomic E-state index is 0.531. The zero-order valence-corrected chi connectivity index (χ0v) is 14.5. The molecule has 2 aliphatic carbocycles. The Kier molecular flexibility index (Phi) is 4.56. The van der Waals surface area contributed by atoms with Crippen LogP contribution in [0, 0.1) is 0 Å². The second-order valence-corrected chi connectivity index (χ2v) is 7.32. The van der Waals surface area contributed by atoms with Crippen LogP contribution in [0.5, 0.6) is 0 Å². The molecule has 0 unspecified atom stereocenters. The molecule has 5 heteroatoms. The van der Waals surface area contributed by atoms with Crippen LogP contribution in [-0.4, -0.2) is 16.0 Å². The Balaban J connectivity index is 1.48. The molecule has 2 N–H and O–H groups in total. The lowest BCUT2D eigenvalue weighted by molar-refractivity contribution is 0.741. The smallest absolute Gasteiger partial charge is 0.225 e. The molecule has 0 spiro atoms. The molecule has 2 aromatic rings. The topological polar surface area (TPSA) is 49.8 Å². The fraction of sp³-hybridized carbons (Fsp3) is 0.474. The molecular formula is C19H23ClN4. The second kappa shape index (κ2) is 6.98. The Labute approximate surface area is 148 Å². The van der Waals surface area contributed by atoms with Gasteiger partial charge in [0.25, 0.3) is 0 Å². The fourth-order valence-corrected chi connectivity index (χ4v) is 3.38. The summed E-state index contributed by atoms with van der Waals surface area (Å²) in [5.41, 5.74) is 2.36. The van der Waals surface area contributed by atoms with Crippen molar-refractivity contribution in [3.8, 4) is 0 Å². The normalized spacial score (nSPS) is 17.9. The summed E-state index contributed by atoms with van der Waals surface area (Å²) in [5.74, 6) is 2.31. The predicted molar refractivity (Wildman–Crippen MR) is 98.7 cm³/mol. The van der Waals surface area contributed by atoms with Gasteiger partial charge >= 0.3 is 0 Å². The van der Waals surface area contributed by atoms with E-state index in [1.165, 1.54) is 49.8 Å². The second-order valence-electron chi connectivity index (χ2n) is 6.88. The summed E-state index contributed by atoms with van der Waals surface area (Å²) in [6, 6.07) is 10.5. The van der Waals surface area contributed by atoms with Gasteiger partial charge < -0.3 is 10.6 Å². The van der Waals surface area contributed by atoms with E-state index in [0.29, 0.717) is 12.0 Å². The number of hydrogen-bond donors (Lipinski definition) is 2. The maximum Gasteiger partial charge on any atom is 0.225 e. The van der Waals surface area contributed by atoms with E-state index in [1.807, 2.05) is 24.3 Å². The van der Waals surface area contributed by atoms with E-state index in [-0.39, 0.29) is 0 Å². The van der Waals surface area contributed by atoms with Gasteiger partial charge in [0.15, 0.2) is 0 Å². The highest BCUT2D eigenvalue weighted by Gasteiger charge is 2.26. The molecule has 1 aromatic carbocycles. The first kappa shape index (κ1) is 15.7. The average Bonchev–Trinajstić information content (AvgIpc) is 3.33. The number of nitrogens with one attached hydrogen (secondary N) is 2. The quantitative estimate of drug-likeness (QED) is 0.777. The van der Waals surface area contributed by atoms with Crippen LogP contribution >= 0.6 is 11.6 Å². The Morgan fingerprint density at radius 3 is 2.46 bits per heavy atom. The van der Waals surface area contributed by atoms with Crippen molar-refractivity contribution >= 4 is 23.4 Å². The molecule has 0 radical (unpaired) electrons. The van der Waals surface area contributed by atoms with E-state index in [1.54, 1.807) is 0 Å². The molecule has 2 aliphatic rings. The lowest BCUT2D eigenvalue weighted by Gasteiger charge is -2.15. The van der Waals surface area contributed by atoms with Gasteiger partial charge in [-0.2, -0.15) is 4.98 Å². The summed E-state index contributed by atoms with van der Waals surface area (Å²) >= 11 is 5.94. The van der Waals surface area contributed by atoms with Gasteiger partial charge in [-0.05, 0) is 43.4 Å². The van der Waals surface area contributed by atoms with Crippen LogP contribution in [0.1, 0.15) is 55.7 Å². The Morgan fingerprint density at radius 2 is 1.75 bits per heavy atom. The van der Waals surface area contributed by atoms with E-state index in [0.717, 1.165) is 23.3 Å². The van der Waals surface area contributed by atoms with Gasteiger partial charge in [0.1, 0.15) is 5.82 Å². The standard InChI is InChI=1S/C19H23ClN4/c20-15-9-5-13(6-10-15)12-21-18-11-17(14-7-8-14)23-19(24-18)22-16-3-1-2-4-16/h5-6,9-11,14,16H,1-4,7-8,12H2,(H2,21,22,23,24). The summed E-state index contributed by atoms with van der Waals surface area (Å²) in [7, 11) is 0. The monoisotopic (exact) mass is 342 g/mol. The number of anilines is 2. The molecule has 0 bridgehead atoms. The Bertz CT molecular complexity index is 691. The van der Waals surface area contributed by atoms with Gasteiger partial charge in [-0.3, -0.25) is 0 Å². The minimum Gasteiger partial charge on any atom is -0.366 e. The molecular weight excluding hydrogens is 320 g/mol. The fourth-order valence-electron chi connectivity index (χ4n) is 3.26. The summed E-state index contributed by atoms with van der Waals surface area (Å²) in [6.45, 7) is 0.737. The molecule has 1 aromatic heterocycles. The van der Waals surface area contributed by atoms with Crippen molar-refractivity contribution < 1.29 is 0 Å². The first-order valence-electron chi connectivity index (χ1n) is 8.90. The molecule has 2 fully saturated rings. The first-order chi connectivity index (χ1) is 11.8. The van der Waals surface area contributed by atoms with Crippen molar-refractivity contribution in [3.63, 3.8) is 0 Å². The van der Waals surface area contributed by atoms with Gasteiger partial charge in [-0.15, -0.1) is 0 Å². The van der Waals surface area contributed by atoms with Crippen LogP contribution in [0.4, 0.5) is 11.8 Å². The van der Waals surface area contributed by atoms with Gasteiger partial charge in [0.2, 0.25) is 5.95 Å². The maximum absolute atomic E-state index is 5.94. The summed E-state index contributed by atoms with van der Waals surface area (Å²) in [5, 5.41) is 7.73. The van der Waals surface area contributed by atoms with E-state index in [4.69, 9.17) is 16.6 Å². The molecule has 0 atom stereocenters. The van der Waals surface area contributed by atoms with Crippen molar-refractivity contribution in [2.24, 2.45) is 0 Å². The highest BCUT2D eigenvalue weighted by molar-refractivity contribution is 6.30. The van der Waals surface area contributed by atoms with Crippen molar-refractivity contribution in [1.82, 2.24) is 9.97 Å². The van der Waals surface area contributed by atoms with Crippen LogP contribution in [0.3, 0.4) is 0 Å². The number of benzene rings is 1. The lowest BCUT2D eigenvalue weighted by Crippen LogP contribution is -2.17. The van der Waals surface area contributed by atoms with E-state index >= 15 is 0 Å². The number of halogens is 1. The number of nitrogens with zero attached hydrogens (tertiary/aromatic N) is 2. The molecule has 4 nitrogen and oxygen atoms in total. The van der Waals surface area contributed by atoms with Crippen LogP contribution in [0.25, 0.3) is 0 Å². The third kappa shape index (κ3) is 3.99. The van der Waals surface area contributed by atoms with Crippen molar-refractivity contribution in [3.05, 3.63) is 46.6 Å². The third-order valence-electron chi connectivity index (χ3n) is 4.82.